The summed E-state index contributed by atoms with van der Waals surface area (Å²) in [5.74, 6) is 0.803. The summed E-state index contributed by atoms with van der Waals surface area (Å²) in [6, 6.07) is 16.8. The molecule has 0 spiro atoms. The first-order chi connectivity index (χ1) is 8.74. The van der Waals surface area contributed by atoms with Gasteiger partial charge in [-0.05, 0) is 36.3 Å². The van der Waals surface area contributed by atoms with E-state index in [0.717, 1.165) is 18.1 Å². The van der Waals surface area contributed by atoms with Crippen molar-refractivity contribution in [3.63, 3.8) is 0 Å². The van der Waals surface area contributed by atoms with Gasteiger partial charge >= 0.3 is 0 Å². The minimum absolute atomic E-state index is 0.803. The van der Waals surface area contributed by atoms with Gasteiger partial charge < -0.3 is 10.6 Å². The van der Waals surface area contributed by atoms with Crippen LogP contribution in [0.1, 0.15) is 16.7 Å². The summed E-state index contributed by atoms with van der Waals surface area (Å²) in [5, 5.41) is 0. The van der Waals surface area contributed by atoms with Gasteiger partial charge in [-0.15, -0.1) is 0 Å². The molecule has 0 amide bonds. The fraction of sp³-hybridized carbons (Fsp3) is 0.125. The molecule has 0 unspecified atom stereocenters. The van der Waals surface area contributed by atoms with E-state index < -0.39 is 0 Å². The van der Waals surface area contributed by atoms with Crippen molar-refractivity contribution in [2.24, 2.45) is 5.73 Å². The summed E-state index contributed by atoms with van der Waals surface area (Å²) >= 11 is 0. The van der Waals surface area contributed by atoms with Crippen LogP contribution in [0.25, 0.3) is 6.08 Å². The second-order valence-electron chi connectivity index (χ2n) is 4.69. The average molecular weight is 236 g/mol. The average Bonchev–Trinajstić information content (AvgIpc) is 2.39. The Morgan fingerprint density at radius 3 is 2.50 bits per heavy atom. The molecule has 0 aromatic heterocycles. The Hall–Kier alpha value is -2.22. The van der Waals surface area contributed by atoms with Gasteiger partial charge in [0.05, 0.1) is 6.54 Å². The molecule has 3 rings (SSSR count). The Labute approximate surface area is 107 Å². The van der Waals surface area contributed by atoms with E-state index in [9.17, 15) is 0 Å². The summed E-state index contributed by atoms with van der Waals surface area (Å²) in [6.07, 6.45) is 2.04. The highest BCUT2D eigenvalue weighted by Gasteiger charge is 2.16. The Kier molecular flexibility index (Phi) is 2.56. The lowest BCUT2D eigenvalue weighted by Gasteiger charge is -2.29. The van der Waals surface area contributed by atoms with E-state index in [1.165, 1.54) is 16.7 Å². The largest absolute Gasteiger partial charge is 0.385 e. The first kappa shape index (κ1) is 10.9. The Morgan fingerprint density at radius 2 is 1.72 bits per heavy atom. The van der Waals surface area contributed by atoms with Crippen LogP contribution in [0, 0.1) is 6.92 Å². The molecule has 2 nitrogen and oxygen atoms in total. The molecule has 1 aliphatic rings. The highest BCUT2D eigenvalue weighted by Crippen LogP contribution is 2.27. The smallest absolute Gasteiger partial charge is 0.104 e. The molecular weight excluding hydrogens is 220 g/mol. The number of fused-ring (bicyclic) bond motifs is 1. The highest BCUT2D eigenvalue weighted by atomic mass is 15.2. The zero-order chi connectivity index (χ0) is 12.5. The van der Waals surface area contributed by atoms with Crippen LogP contribution in [0.5, 0.6) is 0 Å². The van der Waals surface area contributed by atoms with E-state index in [2.05, 4.69) is 54.3 Å². The quantitative estimate of drug-likeness (QED) is 0.823. The van der Waals surface area contributed by atoms with Crippen molar-refractivity contribution in [3.05, 3.63) is 71.0 Å². The van der Waals surface area contributed by atoms with Crippen molar-refractivity contribution in [1.82, 2.24) is 0 Å². The van der Waals surface area contributed by atoms with Gasteiger partial charge in [0.1, 0.15) is 5.82 Å². The fourth-order valence-corrected chi connectivity index (χ4v) is 2.28. The Morgan fingerprint density at radius 1 is 1.00 bits per heavy atom. The summed E-state index contributed by atoms with van der Waals surface area (Å²) in [5.41, 5.74) is 11.1. The second-order valence-corrected chi connectivity index (χ2v) is 4.69. The fourth-order valence-electron chi connectivity index (χ4n) is 2.28. The van der Waals surface area contributed by atoms with E-state index in [4.69, 9.17) is 5.73 Å². The molecule has 2 aromatic rings. The molecule has 1 heterocycles. The number of anilines is 1. The molecule has 90 valence electrons. The molecule has 0 atom stereocenters. The third-order valence-corrected chi connectivity index (χ3v) is 3.34. The first-order valence-corrected chi connectivity index (χ1v) is 6.13. The Bertz CT molecular complexity index is 597. The minimum atomic E-state index is 0.803. The molecule has 2 heteroatoms. The summed E-state index contributed by atoms with van der Waals surface area (Å²) < 4.78 is 0. The maximum Gasteiger partial charge on any atom is 0.104 e. The van der Waals surface area contributed by atoms with Crippen LogP contribution in [-0.2, 0) is 6.54 Å². The van der Waals surface area contributed by atoms with Gasteiger partial charge in [0.15, 0.2) is 0 Å². The number of rotatable bonds is 1. The van der Waals surface area contributed by atoms with E-state index in [-0.39, 0.29) is 0 Å². The Balaban J connectivity index is 1.99. The molecule has 18 heavy (non-hydrogen) atoms. The lowest BCUT2D eigenvalue weighted by molar-refractivity contribution is 0.888. The number of benzene rings is 2. The number of hydrogen-bond acceptors (Lipinski definition) is 2. The van der Waals surface area contributed by atoms with E-state index in [0.29, 0.717) is 0 Å². The molecule has 0 fully saturated rings. The van der Waals surface area contributed by atoms with Crippen LogP contribution in [0.2, 0.25) is 0 Å². The number of nitrogens with two attached hydrogens (primary N) is 1. The predicted molar refractivity (Wildman–Crippen MR) is 76.0 cm³/mol. The summed E-state index contributed by atoms with van der Waals surface area (Å²) in [6.45, 7) is 2.93. The monoisotopic (exact) mass is 236 g/mol. The standard InChI is InChI=1S/C16H16N2/c1-12-6-8-15(9-7-12)18-11-14-5-3-2-4-13(14)10-16(18)17/h2-10H,11,17H2,1H3. The van der Waals surface area contributed by atoms with E-state index in [1.807, 2.05) is 12.1 Å². The molecule has 0 saturated heterocycles. The second kappa shape index (κ2) is 4.22. The van der Waals surface area contributed by atoms with Crippen molar-refractivity contribution < 1.29 is 0 Å². The van der Waals surface area contributed by atoms with Crippen molar-refractivity contribution in [1.29, 1.82) is 0 Å². The predicted octanol–water partition coefficient (Wildman–Crippen LogP) is 3.27. The van der Waals surface area contributed by atoms with E-state index in [1.54, 1.807) is 0 Å². The topological polar surface area (TPSA) is 29.3 Å². The molecule has 0 aliphatic carbocycles. The van der Waals surface area contributed by atoms with Crippen LogP contribution in [0.4, 0.5) is 5.69 Å². The van der Waals surface area contributed by atoms with Crippen LogP contribution in [0.15, 0.2) is 54.4 Å². The van der Waals surface area contributed by atoms with Gasteiger partial charge in [-0.25, -0.2) is 0 Å². The van der Waals surface area contributed by atoms with Crippen molar-refractivity contribution >= 4 is 11.8 Å². The molecule has 1 aliphatic heterocycles. The van der Waals surface area contributed by atoms with Gasteiger partial charge in [-0.1, -0.05) is 42.0 Å². The van der Waals surface area contributed by atoms with Crippen LogP contribution in [0.3, 0.4) is 0 Å². The van der Waals surface area contributed by atoms with Gasteiger partial charge in [-0.2, -0.15) is 0 Å². The lowest BCUT2D eigenvalue weighted by atomic mass is 10.0. The summed E-state index contributed by atoms with van der Waals surface area (Å²) in [4.78, 5) is 2.14. The molecule has 0 radical (unpaired) electrons. The zero-order valence-electron chi connectivity index (χ0n) is 10.4. The number of nitrogens with zero attached hydrogens (tertiary/aromatic N) is 1. The number of aryl methyl sites for hydroxylation is 1. The molecule has 2 aromatic carbocycles. The lowest BCUT2D eigenvalue weighted by Crippen LogP contribution is -2.29. The van der Waals surface area contributed by atoms with Crippen molar-refractivity contribution in [2.75, 3.05) is 4.90 Å². The maximum absolute atomic E-state index is 6.15. The van der Waals surface area contributed by atoms with Crippen LogP contribution < -0.4 is 10.6 Å². The van der Waals surface area contributed by atoms with Crippen molar-refractivity contribution in [3.8, 4) is 0 Å². The minimum Gasteiger partial charge on any atom is -0.385 e. The van der Waals surface area contributed by atoms with Crippen molar-refractivity contribution in [2.45, 2.75) is 13.5 Å². The highest BCUT2D eigenvalue weighted by molar-refractivity contribution is 5.67. The van der Waals surface area contributed by atoms with Gasteiger partial charge in [0, 0.05) is 5.69 Å². The first-order valence-electron chi connectivity index (χ1n) is 6.13. The number of hydrogen-bond donors (Lipinski definition) is 1. The third-order valence-electron chi connectivity index (χ3n) is 3.34. The van der Waals surface area contributed by atoms with Gasteiger partial charge in [0.25, 0.3) is 0 Å². The van der Waals surface area contributed by atoms with Gasteiger partial charge in [0.2, 0.25) is 0 Å². The van der Waals surface area contributed by atoms with E-state index >= 15 is 0 Å². The molecule has 2 N–H and O–H groups in total. The zero-order valence-corrected chi connectivity index (χ0v) is 10.4. The van der Waals surface area contributed by atoms with Gasteiger partial charge in [-0.3, -0.25) is 0 Å². The molecule has 0 bridgehead atoms. The molecule has 0 saturated carbocycles. The van der Waals surface area contributed by atoms with Crippen LogP contribution in [-0.4, -0.2) is 0 Å². The SMILES string of the molecule is Cc1ccc(N2Cc3ccccc3C=C2N)cc1. The summed E-state index contributed by atoms with van der Waals surface area (Å²) in [7, 11) is 0. The third kappa shape index (κ3) is 1.86. The maximum atomic E-state index is 6.15. The normalized spacial score (nSPS) is 14.1. The van der Waals surface area contributed by atoms with Crippen LogP contribution >= 0.6 is 0 Å². The molecular formula is C16H16N2.